The molecular formula is C16H14ClNO3. The van der Waals surface area contributed by atoms with E-state index in [4.69, 9.17) is 11.6 Å². The van der Waals surface area contributed by atoms with E-state index in [1.165, 1.54) is 18.2 Å². The Kier molecular flexibility index (Phi) is 4.38. The number of Topliss-reactive ketones (excluding diaryl/α,β-unsaturated/α-hetero) is 1. The first-order valence-electron chi connectivity index (χ1n) is 6.42. The van der Waals surface area contributed by atoms with Crippen molar-refractivity contribution >= 4 is 23.1 Å². The van der Waals surface area contributed by atoms with Crippen molar-refractivity contribution in [2.75, 3.05) is 0 Å². The molecule has 5 heteroatoms. The topological polar surface area (TPSA) is 60.2 Å². The highest BCUT2D eigenvalue weighted by Crippen LogP contribution is 2.27. The van der Waals surface area contributed by atoms with Gasteiger partial charge in [-0.25, -0.2) is 0 Å². The minimum absolute atomic E-state index is 0.0256. The molecule has 0 heterocycles. The second kappa shape index (κ2) is 6.06. The largest absolute Gasteiger partial charge is 0.293 e. The van der Waals surface area contributed by atoms with Crippen LogP contribution < -0.4 is 0 Å². The van der Waals surface area contributed by atoms with Crippen molar-refractivity contribution in [1.82, 2.24) is 0 Å². The number of benzene rings is 2. The van der Waals surface area contributed by atoms with Crippen molar-refractivity contribution in [3.63, 3.8) is 0 Å². The van der Waals surface area contributed by atoms with Crippen molar-refractivity contribution < 1.29 is 9.72 Å². The predicted octanol–water partition coefficient (Wildman–Crippen LogP) is 4.29. The standard InChI is InChI=1S/C16H14ClNO3/c1-10-6-7-12(8-11(10)2)9-15(19)16-13(17)4-3-5-14(16)18(20)21/h3-8H,9H2,1-2H3. The fraction of sp³-hybridized carbons (Fsp3) is 0.188. The fourth-order valence-electron chi connectivity index (χ4n) is 2.13. The fourth-order valence-corrected chi connectivity index (χ4v) is 2.40. The van der Waals surface area contributed by atoms with E-state index in [1.54, 1.807) is 0 Å². The Balaban J connectivity index is 2.36. The first-order chi connectivity index (χ1) is 9.90. The van der Waals surface area contributed by atoms with Crippen LogP contribution in [0.2, 0.25) is 5.02 Å². The van der Waals surface area contributed by atoms with Gasteiger partial charge in [-0.3, -0.25) is 14.9 Å². The molecule has 0 unspecified atom stereocenters. The summed E-state index contributed by atoms with van der Waals surface area (Å²) in [6.45, 7) is 3.95. The molecule has 0 aliphatic carbocycles. The lowest BCUT2D eigenvalue weighted by Crippen LogP contribution is -2.08. The van der Waals surface area contributed by atoms with Gasteiger partial charge in [0, 0.05) is 12.5 Å². The van der Waals surface area contributed by atoms with Crippen LogP contribution >= 0.6 is 11.6 Å². The van der Waals surface area contributed by atoms with Gasteiger partial charge in [0.05, 0.1) is 9.95 Å². The SMILES string of the molecule is Cc1ccc(CC(=O)c2c(Cl)cccc2[N+](=O)[O-])cc1C. The summed E-state index contributed by atoms with van der Waals surface area (Å²) in [5.74, 6) is -0.351. The lowest BCUT2D eigenvalue weighted by atomic mass is 9.98. The Bertz CT molecular complexity index is 725. The molecule has 21 heavy (non-hydrogen) atoms. The van der Waals surface area contributed by atoms with Crippen LogP contribution in [0.1, 0.15) is 27.0 Å². The van der Waals surface area contributed by atoms with Gasteiger partial charge in [-0.1, -0.05) is 35.9 Å². The first-order valence-corrected chi connectivity index (χ1v) is 6.80. The van der Waals surface area contributed by atoms with Crippen LogP contribution in [0.25, 0.3) is 0 Å². The number of rotatable bonds is 4. The van der Waals surface area contributed by atoms with Crippen LogP contribution in [0.4, 0.5) is 5.69 Å². The van der Waals surface area contributed by atoms with Gasteiger partial charge in [0.2, 0.25) is 0 Å². The Hall–Kier alpha value is -2.20. The zero-order valence-corrected chi connectivity index (χ0v) is 12.5. The number of halogens is 1. The molecule has 0 bridgehead atoms. The molecule has 2 rings (SSSR count). The van der Waals surface area contributed by atoms with E-state index in [2.05, 4.69) is 0 Å². The van der Waals surface area contributed by atoms with Gasteiger partial charge in [-0.15, -0.1) is 0 Å². The monoisotopic (exact) mass is 303 g/mol. The highest BCUT2D eigenvalue weighted by atomic mass is 35.5. The van der Waals surface area contributed by atoms with Gasteiger partial charge < -0.3 is 0 Å². The van der Waals surface area contributed by atoms with Crippen molar-refractivity contribution in [2.24, 2.45) is 0 Å². The van der Waals surface area contributed by atoms with Crippen molar-refractivity contribution in [2.45, 2.75) is 20.3 Å². The maximum absolute atomic E-state index is 12.4. The molecule has 2 aromatic rings. The van der Waals surface area contributed by atoms with Crippen LogP contribution in [0.15, 0.2) is 36.4 Å². The Morgan fingerprint density at radius 3 is 2.52 bits per heavy atom. The second-order valence-electron chi connectivity index (χ2n) is 4.91. The third-order valence-electron chi connectivity index (χ3n) is 3.40. The zero-order chi connectivity index (χ0) is 15.6. The number of ketones is 1. The molecule has 0 aliphatic rings. The number of carbonyl (C=O) groups excluding carboxylic acids is 1. The van der Waals surface area contributed by atoms with E-state index in [0.29, 0.717) is 0 Å². The average molecular weight is 304 g/mol. The third-order valence-corrected chi connectivity index (χ3v) is 3.72. The number of nitrogens with zero attached hydrogens (tertiary/aromatic N) is 1. The summed E-state index contributed by atoms with van der Waals surface area (Å²) in [6, 6.07) is 9.94. The Morgan fingerprint density at radius 2 is 1.90 bits per heavy atom. The highest BCUT2D eigenvalue weighted by Gasteiger charge is 2.23. The number of hydrogen-bond acceptors (Lipinski definition) is 3. The Labute approximate surface area is 127 Å². The van der Waals surface area contributed by atoms with E-state index in [0.717, 1.165) is 16.7 Å². The maximum Gasteiger partial charge on any atom is 0.281 e. The van der Waals surface area contributed by atoms with E-state index in [-0.39, 0.29) is 28.5 Å². The number of nitro groups is 1. The highest BCUT2D eigenvalue weighted by molar-refractivity contribution is 6.34. The molecule has 4 nitrogen and oxygen atoms in total. The molecular weight excluding hydrogens is 290 g/mol. The second-order valence-corrected chi connectivity index (χ2v) is 5.32. The lowest BCUT2D eigenvalue weighted by molar-refractivity contribution is -0.385. The Morgan fingerprint density at radius 1 is 1.19 bits per heavy atom. The molecule has 2 aromatic carbocycles. The molecule has 0 aromatic heterocycles. The van der Waals surface area contributed by atoms with Crippen LogP contribution in [0.3, 0.4) is 0 Å². The molecule has 0 spiro atoms. The van der Waals surface area contributed by atoms with Crippen molar-refractivity contribution in [1.29, 1.82) is 0 Å². The number of carbonyl (C=O) groups is 1. The van der Waals surface area contributed by atoms with Gasteiger partial charge in [-0.2, -0.15) is 0 Å². The summed E-state index contributed by atoms with van der Waals surface area (Å²) in [4.78, 5) is 22.8. The van der Waals surface area contributed by atoms with Gasteiger partial charge in [0.15, 0.2) is 5.78 Å². The number of hydrogen-bond donors (Lipinski definition) is 0. The minimum Gasteiger partial charge on any atom is -0.293 e. The van der Waals surface area contributed by atoms with Gasteiger partial charge in [-0.05, 0) is 36.6 Å². The number of aryl methyl sites for hydroxylation is 2. The molecule has 0 saturated heterocycles. The summed E-state index contributed by atoms with van der Waals surface area (Å²) in [5.41, 5.74) is 2.75. The maximum atomic E-state index is 12.4. The van der Waals surface area contributed by atoms with E-state index < -0.39 is 4.92 Å². The van der Waals surface area contributed by atoms with Crippen LogP contribution in [-0.4, -0.2) is 10.7 Å². The van der Waals surface area contributed by atoms with Gasteiger partial charge >= 0.3 is 0 Å². The third kappa shape index (κ3) is 3.28. The molecule has 0 radical (unpaired) electrons. The molecule has 0 aliphatic heterocycles. The van der Waals surface area contributed by atoms with Crippen molar-refractivity contribution in [3.05, 3.63) is 73.8 Å². The van der Waals surface area contributed by atoms with Crippen LogP contribution in [-0.2, 0) is 6.42 Å². The van der Waals surface area contributed by atoms with E-state index >= 15 is 0 Å². The normalized spacial score (nSPS) is 10.4. The lowest BCUT2D eigenvalue weighted by Gasteiger charge is -2.07. The molecule has 0 saturated carbocycles. The van der Waals surface area contributed by atoms with E-state index in [1.807, 2.05) is 32.0 Å². The molecule has 0 N–H and O–H groups in total. The average Bonchev–Trinajstić information content (AvgIpc) is 2.42. The smallest absolute Gasteiger partial charge is 0.281 e. The molecule has 108 valence electrons. The predicted molar refractivity (Wildman–Crippen MR) is 82.1 cm³/mol. The van der Waals surface area contributed by atoms with E-state index in [9.17, 15) is 14.9 Å². The first kappa shape index (κ1) is 15.2. The van der Waals surface area contributed by atoms with Gasteiger partial charge in [0.1, 0.15) is 5.56 Å². The van der Waals surface area contributed by atoms with Crippen molar-refractivity contribution in [3.8, 4) is 0 Å². The minimum atomic E-state index is -0.584. The quantitative estimate of drug-likeness (QED) is 0.481. The summed E-state index contributed by atoms with van der Waals surface area (Å²) in [6.07, 6.45) is 0.0890. The summed E-state index contributed by atoms with van der Waals surface area (Å²) in [7, 11) is 0. The molecule has 0 amide bonds. The van der Waals surface area contributed by atoms with Crippen LogP contribution in [0, 0.1) is 24.0 Å². The summed E-state index contributed by atoms with van der Waals surface area (Å²) < 4.78 is 0. The van der Waals surface area contributed by atoms with Gasteiger partial charge in [0.25, 0.3) is 5.69 Å². The van der Waals surface area contributed by atoms with Crippen LogP contribution in [0.5, 0.6) is 0 Å². The summed E-state index contributed by atoms with van der Waals surface area (Å²) >= 11 is 5.97. The molecule has 0 fully saturated rings. The summed E-state index contributed by atoms with van der Waals surface area (Å²) in [5, 5.41) is 11.1. The number of nitro benzene ring substituents is 1. The molecule has 0 atom stereocenters. The zero-order valence-electron chi connectivity index (χ0n) is 11.7.